The van der Waals surface area contributed by atoms with E-state index >= 15 is 0 Å². The van der Waals surface area contributed by atoms with Crippen LogP contribution >= 0.6 is 23.4 Å². The zero-order valence-corrected chi connectivity index (χ0v) is 13.1. The van der Waals surface area contributed by atoms with E-state index in [0.717, 1.165) is 17.1 Å². The Kier molecular flexibility index (Phi) is 4.12. The van der Waals surface area contributed by atoms with Crippen molar-refractivity contribution in [2.45, 2.75) is 12.3 Å². The minimum atomic E-state index is -0.138. The molecule has 0 saturated carbocycles. The van der Waals surface area contributed by atoms with Crippen LogP contribution in [-0.2, 0) is 0 Å². The Hall–Kier alpha value is -1.59. The van der Waals surface area contributed by atoms with Crippen molar-refractivity contribution in [2.75, 3.05) is 17.6 Å². The molecule has 1 aromatic heterocycles. The molecule has 0 bridgehead atoms. The van der Waals surface area contributed by atoms with Crippen molar-refractivity contribution < 1.29 is 9.21 Å². The zero-order valence-electron chi connectivity index (χ0n) is 11.5. The molecule has 0 unspecified atom stereocenters. The topological polar surface area (TPSA) is 45.5 Å². The highest BCUT2D eigenvalue weighted by Crippen LogP contribution is 2.38. The fraction of sp³-hybridized carbons (Fsp3) is 0.267. The highest BCUT2D eigenvalue weighted by molar-refractivity contribution is 7.99. The number of benzene rings is 1. The number of halogens is 1. The van der Waals surface area contributed by atoms with Gasteiger partial charge in [-0.25, -0.2) is 4.79 Å². The van der Waals surface area contributed by atoms with Gasteiger partial charge in [-0.1, -0.05) is 17.7 Å². The molecule has 1 atom stereocenters. The van der Waals surface area contributed by atoms with Gasteiger partial charge in [0.05, 0.1) is 6.26 Å². The smallest absolute Gasteiger partial charge is 0.323 e. The molecule has 2 heterocycles. The van der Waals surface area contributed by atoms with E-state index < -0.39 is 0 Å². The Morgan fingerprint density at radius 1 is 1.48 bits per heavy atom. The molecule has 1 fully saturated rings. The predicted octanol–water partition coefficient (Wildman–Crippen LogP) is 4.52. The van der Waals surface area contributed by atoms with E-state index in [9.17, 15) is 4.79 Å². The minimum Gasteiger partial charge on any atom is -0.466 e. The lowest BCUT2D eigenvalue weighted by molar-refractivity contribution is 0.210. The van der Waals surface area contributed by atoms with Crippen molar-refractivity contribution in [1.82, 2.24) is 4.90 Å². The number of thioether (sulfide) groups is 1. The van der Waals surface area contributed by atoms with Crippen molar-refractivity contribution in [3.8, 4) is 0 Å². The summed E-state index contributed by atoms with van der Waals surface area (Å²) in [4.78, 5) is 14.2. The van der Waals surface area contributed by atoms with Gasteiger partial charge in [-0.3, -0.25) is 0 Å². The van der Waals surface area contributed by atoms with E-state index in [2.05, 4.69) is 5.32 Å². The number of hydrogen-bond acceptors (Lipinski definition) is 3. The number of aryl methyl sites for hydroxylation is 1. The number of carbonyl (C=O) groups excluding carboxylic acids is 1. The summed E-state index contributed by atoms with van der Waals surface area (Å²) in [6, 6.07) is 9.10. The van der Waals surface area contributed by atoms with Gasteiger partial charge in [0.15, 0.2) is 0 Å². The Balaban J connectivity index is 1.73. The number of furan rings is 1. The lowest BCUT2D eigenvalue weighted by Crippen LogP contribution is -2.34. The number of carbonyl (C=O) groups is 1. The van der Waals surface area contributed by atoms with Crippen molar-refractivity contribution in [1.29, 1.82) is 0 Å². The molecule has 0 aliphatic carbocycles. The number of anilines is 1. The summed E-state index contributed by atoms with van der Waals surface area (Å²) in [6.45, 7) is 2.62. The standard InChI is InChI=1S/C15H15ClN2O2S/c1-10-4-5-11(9-12(10)16)17-15(19)18-6-8-21-14(18)13-3-2-7-20-13/h2-5,7,9,14H,6,8H2,1H3,(H,17,19)/t14-/m0/s1. The van der Waals surface area contributed by atoms with Gasteiger partial charge in [0.2, 0.25) is 0 Å². The van der Waals surface area contributed by atoms with Crippen LogP contribution < -0.4 is 5.32 Å². The van der Waals surface area contributed by atoms with Crippen LogP contribution in [0.5, 0.6) is 0 Å². The highest BCUT2D eigenvalue weighted by atomic mass is 35.5. The highest BCUT2D eigenvalue weighted by Gasteiger charge is 2.32. The van der Waals surface area contributed by atoms with Crippen LogP contribution in [-0.4, -0.2) is 23.2 Å². The SMILES string of the molecule is Cc1ccc(NC(=O)N2CCS[C@H]2c2ccco2)cc1Cl. The fourth-order valence-corrected chi connectivity index (χ4v) is 3.60. The number of hydrogen-bond donors (Lipinski definition) is 1. The summed E-state index contributed by atoms with van der Waals surface area (Å²) >= 11 is 7.78. The van der Waals surface area contributed by atoms with E-state index in [1.807, 2.05) is 31.2 Å². The number of nitrogens with one attached hydrogen (secondary N) is 1. The van der Waals surface area contributed by atoms with Crippen molar-refractivity contribution in [2.24, 2.45) is 0 Å². The minimum absolute atomic E-state index is 0.0686. The molecule has 1 saturated heterocycles. The van der Waals surface area contributed by atoms with Crippen LogP contribution in [0.2, 0.25) is 5.02 Å². The third-order valence-electron chi connectivity index (χ3n) is 3.36. The first-order valence-corrected chi connectivity index (χ1v) is 8.06. The maximum absolute atomic E-state index is 12.4. The number of nitrogens with zero attached hydrogens (tertiary/aromatic N) is 1. The van der Waals surface area contributed by atoms with Crippen molar-refractivity contribution >= 4 is 35.1 Å². The molecule has 6 heteroatoms. The third-order valence-corrected chi connectivity index (χ3v) is 4.99. The summed E-state index contributed by atoms with van der Waals surface area (Å²) in [5, 5.41) is 3.47. The molecule has 4 nitrogen and oxygen atoms in total. The lowest BCUT2D eigenvalue weighted by atomic mass is 10.2. The summed E-state index contributed by atoms with van der Waals surface area (Å²) in [6.07, 6.45) is 1.63. The predicted molar refractivity (Wildman–Crippen MR) is 85.8 cm³/mol. The summed E-state index contributed by atoms with van der Waals surface area (Å²) in [5.74, 6) is 1.70. The molecule has 110 valence electrons. The molecule has 21 heavy (non-hydrogen) atoms. The fourth-order valence-electron chi connectivity index (χ4n) is 2.21. The molecule has 0 spiro atoms. The quantitative estimate of drug-likeness (QED) is 0.884. The summed E-state index contributed by atoms with van der Waals surface area (Å²) in [7, 11) is 0. The molecule has 3 rings (SSSR count). The van der Waals surface area contributed by atoms with Gasteiger partial charge in [0.25, 0.3) is 0 Å². The Bertz CT molecular complexity index is 645. The van der Waals surface area contributed by atoms with E-state index in [1.165, 1.54) is 0 Å². The number of rotatable bonds is 2. The van der Waals surface area contributed by atoms with Crippen LogP contribution in [0.25, 0.3) is 0 Å². The zero-order chi connectivity index (χ0) is 14.8. The molecule has 1 aliphatic heterocycles. The Morgan fingerprint density at radius 3 is 3.05 bits per heavy atom. The van der Waals surface area contributed by atoms with E-state index in [-0.39, 0.29) is 11.4 Å². The van der Waals surface area contributed by atoms with E-state index in [4.69, 9.17) is 16.0 Å². The van der Waals surface area contributed by atoms with Gasteiger partial charge in [-0.2, -0.15) is 0 Å². The second-order valence-electron chi connectivity index (χ2n) is 4.83. The maximum Gasteiger partial charge on any atom is 0.323 e. The largest absolute Gasteiger partial charge is 0.466 e. The van der Waals surface area contributed by atoms with Gasteiger partial charge in [-0.15, -0.1) is 11.8 Å². The molecule has 1 N–H and O–H groups in total. The monoisotopic (exact) mass is 322 g/mol. The summed E-state index contributed by atoms with van der Waals surface area (Å²) in [5.41, 5.74) is 1.69. The molecule has 1 aromatic carbocycles. The van der Waals surface area contributed by atoms with Gasteiger partial charge >= 0.3 is 6.03 Å². The molecule has 0 radical (unpaired) electrons. The maximum atomic E-state index is 12.4. The van der Waals surface area contributed by atoms with Gasteiger partial charge in [0, 0.05) is 23.0 Å². The average Bonchev–Trinajstić information content (AvgIpc) is 3.12. The number of urea groups is 1. The molecular weight excluding hydrogens is 308 g/mol. The lowest BCUT2D eigenvalue weighted by Gasteiger charge is -2.22. The van der Waals surface area contributed by atoms with Gasteiger partial charge in [0.1, 0.15) is 11.1 Å². The normalized spacial score (nSPS) is 18.0. The second kappa shape index (κ2) is 6.03. The first-order valence-electron chi connectivity index (χ1n) is 6.64. The Morgan fingerprint density at radius 2 is 2.33 bits per heavy atom. The van der Waals surface area contributed by atoms with E-state index in [0.29, 0.717) is 17.3 Å². The first-order chi connectivity index (χ1) is 10.1. The average molecular weight is 323 g/mol. The summed E-state index contributed by atoms with van der Waals surface area (Å²) < 4.78 is 5.42. The van der Waals surface area contributed by atoms with Crippen LogP contribution in [0, 0.1) is 6.92 Å². The van der Waals surface area contributed by atoms with Gasteiger partial charge in [-0.05, 0) is 36.8 Å². The molecule has 2 amide bonds. The van der Waals surface area contributed by atoms with Crippen molar-refractivity contribution in [3.05, 3.63) is 52.9 Å². The van der Waals surface area contributed by atoms with Crippen LogP contribution in [0.4, 0.5) is 10.5 Å². The van der Waals surface area contributed by atoms with Crippen LogP contribution in [0.15, 0.2) is 41.0 Å². The third kappa shape index (κ3) is 3.04. The van der Waals surface area contributed by atoms with E-state index in [1.54, 1.807) is 29.0 Å². The van der Waals surface area contributed by atoms with Gasteiger partial charge < -0.3 is 14.6 Å². The van der Waals surface area contributed by atoms with Crippen LogP contribution in [0.1, 0.15) is 16.7 Å². The number of amides is 2. The first kappa shape index (κ1) is 14.4. The second-order valence-corrected chi connectivity index (χ2v) is 6.42. The Labute approximate surface area is 132 Å². The van der Waals surface area contributed by atoms with Crippen LogP contribution in [0.3, 0.4) is 0 Å². The molecule has 1 aliphatic rings. The molecular formula is C15H15ClN2O2S. The van der Waals surface area contributed by atoms with Crippen molar-refractivity contribution in [3.63, 3.8) is 0 Å². The molecule has 2 aromatic rings.